The summed E-state index contributed by atoms with van der Waals surface area (Å²) in [6, 6.07) is 0. The van der Waals surface area contributed by atoms with Gasteiger partial charge in [0.05, 0.1) is 0 Å². The highest BCUT2D eigenvalue weighted by Gasteiger charge is 2.63. The number of carbonyl (C=O) groups is 3. The number of hydrogen-bond donors (Lipinski definition) is 1. The van der Waals surface area contributed by atoms with Crippen LogP contribution in [0.5, 0.6) is 0 Å². The molecule has 5 nitrogen and oxygen atoms in total. The summed E-state index contributed by atoms with van der Waals surface area (Å²) in [5, 5.41) is 9.31. The fraction of sp³-hybridized carbons (Fsp3) is 0.719. The Morgan fingerprint density at radius 1 is 1.11 bits per heavy atom. The van der Waals surface area contributed by atoms with E-state index in [1.165, 1.54) is 18.1 Å². The lowest BCUT2D eigenvalue weighted by molar-refractivity contribution is -0.151. The van der Waals surface area contributed by atoms with Crippen LogP contribution in [-0.2, 0) is 19.1 Å². The van der Waals surface area contributed by atoms with Gasteiger partial charge in [0.25, 0.3) is 0 Å². The largest absolute Gasteiger partial charge is 0.478 e. The van der Waals surface area contributed by atoms with Gasteiger partial charge in [-0.15, -0.1) is 0 Å². The van der Waals surface area contributed by atoms with E-state index >= 15 is 0 Å². The summed E-state index contributed by atoms with van der Waals surface area (Å²) in [6.45, 7) is 16.8. The second kappa shape index (κ2) is 9.24. The van der Waals surface area contributed by atoms with E-state index in [0.717, 1.165) is 32.1 Å². The van der Waals surface area contributed by atoms with Crippen LogP contribution in [0.3, 0.4) is 0 Å². The van der Waals surface area contributed by atoms with Gasteiger partial charge in [0.15, 0.2) is 0 Å². The second-order valence-corrected chi connectivity index (χ2v) is 13.6. The van der Waals surface area contributed by atoms with Crippen molar-refractivity contribution in [1.82, 2.24) is 0 Å². The molecule has 1 N–H and O–H groups in total. The summed E-state index contributed by atoms with van der Waals surface area (Å²) in [5.41, 5.74) is 3.00. The van der Waals surface area contributed by atoms with Crippen molar-refractivity contribution >= 4 is 17.7 Å². The molecule has 2 fully saturated rings. The molecule has 5 heteroatoms. The average Bonchev–Trinajstić information content (AvgIpc) is 3.09. The summed E-state index contributed by atoms with van der Waals surface area (Å²) in [6.07, 6.45) is 12.4. The van der Waals surface area contributed by atoms with Crippen molar-refractivity contribution in [2.24, 2.45) is 39.4 Å². The van der Waals surface area contributed by atoms with Crippen LogP contribution in [0.25, 0.3) is 0 Å². The maximum atomic E-state index is 12.8. The van der Waals surface area contributed by atoms with E-state index in [1.807, 2.05) is 0 Å². The van der Waals surface area contributed by atoms with E-state index in [4.69, 9.17) is 4.74 Å². The Labute approximate surface area is 222 Å². The number of fused-ring (bicyclic) bond motifs is 5. The molecule has 0 aromatic heterocycles. The molecule has 0 heterocycles. The minimum absolute atomic E-state index is 0.00884. The first kappa shape index (κ1) is 27.9. The monoisotopic (exact) mass is 510 g/mol. The first-order valence-electron chi connectivity index (χ1n) is 14.1. The first-order valence-corrected chi connectivity index (χ1v) is 14.1. The molecule has 0 aliphatic heterocycles. The van der Waals surface area contributed by atoms with Crippen LogP contribution < -0.4 is 0 Å². The van der Waals surface area contributed by atoms with Crippen LogP contribution in [0.2, 0.25) is 0 Å². The number of carboxylic acids is 1. The molecule has 0 saturated heterocycles. The molecule has 0 amide bonds. The highest BCUT2D eigenvalue weighted by molar-refractivity contribution is 5.86. The minimum atomic E-state index is -0.941. The number of ether oxygens (including phenoxy) is 1. The Morgan fingerprint density at radius 3 is 2.41 bits per heavy atom. The zero-order valence-electron chi connectivity index (χ0n) is 24.1. The molecule has 7 unspecified atom stereocenters. The van der Waals surface area contributed by atoms with Gasteiger partial charge >= 0.3 is 11.9 Å². The smallest absolute Gasteiger partial charge is 0.330 e. The van der Waals surface area contributed by atoms with E-state index in [1.54, 1.807) is 13.0 Å². The summed E-state index contributed by atoms with van der Waals surface area (Å²) >= 11 is 0. The van der Waals surface area contributed by atoms with Crippen molar-refractivity contribution in [1.29, 1.82) is 0 Å². The number of ketones is 1. The van der Waals surface area contributed by atoms with Crippen LogP contribution in [0, 0.1) is 39.4 Å². The third-order valence-corrected chi connectivity index (χ3v) is 11.6. The summed E-state index contributed by atoms with van der Waals surface area (Å²) < 4.78 is 5.80. The van der Waals surface area contributed by atoms with Crippen molar-refractivity contribution in [3.05, 3.63) is 34.9 Å². The summed E-state index contributed by atoms with van der Waals surface area (Å²) in [5.74, 6) is -0.0893. The Kier molecular flexibility index (Phi) is 6.95. The van der Waals surface area contributed by atoms with E-state index in [-0.39, 0.29) is 45.2 Å². The van der Waals surface area contributed by atoms with Crippen LogP contribution >= 0.6 is 0 Å². The van der Waals surface area contributed by atoms with Gasteiger partial charge < -0.3 is 9.84 Å². The van der Waals surface area contributed by atoms with Gasteiger partial charge in [0.2, 0.25) is 0 Å². The zero-order chi connectivity index (χ0) is 27.6. The number of hydrogen-bond acceptors (Lipinski definition) is 4. The number of carbonyl (C=O) groups excluding carboxylic acids is 2. The molecule has 4 aliphatic carbocycles. The molecule has 0 radical (unpaired) electrons. The Morgan fingerprint density at radius 2 is 1.78 bits per heavy atom. The van der Waals surface area contributed by atoms with Gasteiger partial charge in [-0.1, -0.05) is 59.8 Å². The minimum Gasteiger partial charge on any atom is -0.478 e. The Hall–Kier alpha value is -2.17. The molecule has 204 valence electrons. The maximum absolute atomic E-state index is 12.8. The van der Waals surface area contributed by atoms with Crippen LogP contribution in [-0.4, -0.2) is 28.9 Å². The molecule has 37 heavy (non-hydrogen) atoms. The molecule has 0 bridgehead atoms. The van der Waals surface area contributed by atoms with Gasteiger partial charge in [-0.05, 0) is 84.2 Å². The standard InChI is InChI=1S/C32H46O5/c1-19(28(35)36)9-11-25(37-21(3)33)20(2)22-13-17-32(8)24-10-12-26-29(4,5)27(34)15-16-30(26,6)23(24)14-18-31(22,32)7/h9-10,14,20,22,25-26H,11-13,15-18H2,1-8H3,(H,35,36). The number of carboxylic acid groups (broad SMARTS) is 1. The van der Waals surface area contributed by atoms with E-state index in [0.29, 0.717) is 30.5 Å². The molecule has 0 aromatic carbocycles. The first-order chi connectivity index (χ1) is 17.1. The third kappa shape index (κ3) is 4.15. The lowest BCUT2D eigenvalue weighted by Crippen LogP contribution is -2.53. The van der Waals surface area contributed by atoms with Gasteiger partial charge in [-0.2, -0.15) is 0 Å². The molecule has 0 spiro atoms. The molecule has 4 rings (SSSR count). The lowest BCUT2D eigenvalue weighted by Gasteiger charge is -2.59. The summed E-state index contributed by atoms with van der Waals surface area (Å²) in [4.78, 5) is 36.2. The summed E-state index contributed by atoms with van der Waals surface area (Å²) in [7, 11) is 0. The topological polar surface area (TPSA) is 80.7 Å². The maximum Gasteiger partial charge on any atom is 0.330 e. The van der Waals surface area contributed by atoms with Gasteiger partial charge in [0.1, 0.15) is 11.9 Å². The van der Waals surface area contributed by atoms with Crippen LogP contribution in [0.15, 0.2) is 34.9 Å². The molecular formula is C32H46O5. The van der Waals surface area contributed by atoms with Gasteiger partial charge in [0, 0.05) is 30.8 Å². The van der Waals surface area contributed by atoms with E-state index in [2.05, 4.69) is 53.7 Å². The van der Waals surface area contributed by atoms with Crippen molar-refractivity contribution < 1.29 is 24.2 Å². The van der Waals surface area contributed by atoms with Crippen molar-refractivity contribution in [3.8, 4) is 0 Å². The SMILES string of the molecule is CC(=O)OC(CC=C(C)C(=O)O)C(C)C1CCC2(C)C3=CCC4C(C)(C)C(=O)CCC4(C)C3=CCC12C. The van der Waals surface area contributed by atoms with Crippen LogP contribution in [0.4, 0.5) is 0 Å². The number of Topliss-reactive ketones (excluding diaryl/α,β-unsaturated/α-hetero) is 1. The molecular weight excluding hydrogens is 464 g/mol. The van der Waals surface area contributed by atoms with Gasteiger partial charge in [-0.3, -0.25) is 9.59 Å². The van der Waals surface area contributed by atoms with E-state index < -0.39 is 5.97 Å². The molecule has 0 aromatic rings. The highest BCUT2D eigenvalue weighted by Crippen LogP contribution is 2.71. The number of allylic oxidation sites excluding steroid dienone is 4. The quantitative estimate of drug-likeness (QED) is 0.305. The number of rotatable bonds is 6. The fourth-order valence-electron chi connectivity index (χ4n) is 8.91. The van der Waals surface area contributed by atoms with Gasteiger partial charge in [-0.25, -0.2) is 4.79 Å². The van der Waals surface area contributed by atoms with Crippen molar-refractivity contribution in [3.63, 3.8) is 0 Å². The van der Waals surface area contributed by atoms with Crippen LogP contribution in [0.1, 0.15) is 100 Å². The predicted octanol–water partition coefficient (Wildman–Crippen LogP) is 7.07. The lowest BCUT2D eigenvalue weighted by atomic mass is 9.44. The van der Waals surface area contributed by atoms with E-state index in [9.17, 15) is 19.5 Å². The molecule has 7 atom stereocenters. The normalized spacial score (nSPS) is 38.4. The number of esters is 1. The Bertz CT molecular complexity index is 1090. The average molecular weight is 511 g/mol. The van der Waals surface area contributed by atoms with Crippen molar-refractivity contribution in [2.45, 2.75) is 106 Å². The molecule has 4 aliphatic rings. The van der Waals surface area contributed by atoms with Crippen molar-refractivity contribution in [2.75, 3.05) is 0 Å². The fourth-order valence-corrected chi connectivity index (χ4v) is 8.91. The third-order valence-electron chi connectivity index (χ3n) is 11.6. The second-order valence-electron chi connectivity index (χ2n) is 13.6. The Balaban J connectivity index is 1.68. The number of aliphatic carboxylic acids is 1. The zero-order valence-corrected chi connectivity index (χ0v) is 24.1. The predicted molar refractivity (Wildman–Crippen MR) is 145 cm³/mol. The molecule has 2 saturated carbocycles. The highest BCUT2D eigenvalue weighted by atomic mass is 16.5.